The van der Waals surface area contributed by atoms with Gasteiger partial charge in [-0.3, -0.25) is 4.79 Å². The van der Waals surface area contributed by atoms with E-state index in [1.807, 2.05) is 23.1 Å². The molecule has 2 aromatic rings. The fraction of sp³-hybridized carbons (Fsp3) is 0.542. The summed E-state index contributed by atoms with van der Waals surface area (Å²) >= 11 is 0. The summed E-state index contributed by atoms with van der Waals surface area (Å²) in [6.07, 6.45) is 4.35. The first-order valence-corrected chi connectivity index (χ1v) is 11.2. The molecule has 1 aromatic carbocycles. The lowest BCUT2D eigenvalue weighted by Crippen LogP contribution is -2.47. The lowest BCUT2D eigenvalue weighted by molar-refractivity contribution is -0.139. The highest BCUT2D eigenvalue weighted by atomic mass is 16.5. The highest BCUT2D eigenvalue weighted by Gasteiger charge is 2.34. The van der Waals surface area contributed by atoms with E-state index < -0.39 is 0 Å². The van der Waals surface area contributed by atoms with Crippen LogP contribution in [0, 0.1) is 5.92 Å². The van der Waals surface area contributed by atoms with Crippen LogP contribution >= 0.6 is 0 Å². The summed E-state index contributed by atoms with van der Waals surface area (Å²) in [6.45, 7) is 7.21. The molecule has 6 nitrogen and oxygen atoms in total. The third-order valence-electron chi connectivity index (χ3n) is 6.56. The Hall–Kier alpha value is -2.47. The number of nitrogens with zero attached hydrogens (tertiary/aromatic N) is 4. The van der Waals surface area contributed by atoms with Crippen LogP contribution in [0.2, 0.25) is 0 Å². The molecule has 0 bridgehead atoms. The molecule has 0 N–H and O–H groups in total. The molecule has 5 rings (SSSR count). The fourth-order valence-corrected chi connectivity index (χ4v) is 4.83. The first-order chi connectivity index (χ1) is 14.6. The summed E-state index contributed by atoms with van der Waals surface area (Å²) in [5, 5.41) is 0. The van der Waals surface area contributed by atoms with Gasteiger partial charge in [-0.05, 0) is 26.7 Å². The maximum Gasteiger partial charge on any atom is 0.225 e. The molecule has 30 heavy (non-hydrogen) atoms. The summed E-state index contributed by atoms with van der Waals surface area (Å²) in [5.41, 5.74) is 3.24. The van der Waals surface area contributed by atoms with Gasteiger partial charge in [-0.1, -0.05) is 36.8 Å². The van der Waals surface area contributed by atoms with Crippen molar-refractivity contribution in [3.05, 3.63) is 41.6 Å². The van der Waals surface area contributed by atoms with E-state index in [9.17, 15) is 4.79 Å². The number of ether oxygens (including phenoxy) is 1. The number of morpholine rings is 1. The van der Waals surface area contributed by atoms with Crippen molar-refractivity contribution in [2.24, 2.45) is 5.92 Å². The zero-order chi connectivity index (χ0) is 20.7. The molecule has 2 fully saturated rings. The van der Waals surface area contributed by atoms with Gasteiger partial charge in [0.1, 0.15) is 5.82 Å². The number of hydrogen-bond acceptors (Lipinski definition) is 5. The molecular formula is C24H30N4O2. The number of benzene rings is 1. The predicted octanol–water partition coefficient (Wildman–Crippen LogP) is 3.44. The van der Waals surface area contributed by atoms with E-state index in [2.05, 4.69) is 30.9 Å². The van der Waals surface area contributed by atoms with Crippen LogP contribution in [-0.2, 0) is 22.5 Å². The summed E-state index contributed by atoms with van der Waals surface area (Å²) in [4.78, 5) is 27.3. The first-order valence-electron chi connectivity index (χ1n) is 11.2. The summed E-state index contributed by atoms with van der Waals surface area (Å²) in [6, 6.07) is 10.2. The second kappa shape index (κ2) is 7.99. The Morgan fingerprint density at radius 3 is 2.47 bits per heavy atom. The van der Waals surface area contributed by atoms with Crippen molar-refractivity contribution in [3.8, 4) is 11.4 Å². The molecule has 3 aliphatic rings. The minimum absolute atomic E-state index is 0.149. The lowest BCUT2D eigenvalue weighted by atomic mass is 9.84. The van der Waals surface area contributed by atoms with Gasteiger partial charge < -0.3 is 14.5 Å². The maximum atomic E-state index is 12.9. The van der Waals surface area contributed by atoms with Crippen molar-refractivity contribution >= 4 is 11.7 Å². The Morgan fingerprint density at radius 2 is 1.80 bits per heavy atom. The largest absolute Gasteiger partial charge is 0.372 e. The Balaban J connectivity index is 1.53. The lowest BCUT2D eigenvalue weighted by Gasteiger charge is -2.39. The van der Waals surface area contributed by atoms with Crippen LogP contribution in [0.1, 0.15) is 44.4 Å². The van der Waals surface area contributed by atoms with Gasteiger partial charge >= 0.3 is 0 Å². The van der Waals surface area contributed by atoms with E-state index in [-0.39, 0.29) is 18.1 Å². The second-order valence-corrected chi connectivity index (χ2v) is 8.96. The van der Waals surface area contributed by atoms with Crippen molar-refractivity contribution in [1.82, 2.24) is 14.9 Å². The van der Waals surface area contributed by atoms with Crippen molar-refractivity contribution < 1.29 is 9.53 Å². The molecule has 1 saturated heterocycles. The molecule has 1 amide bonds. The maximum absolute atomic E-state index is 12.9. The zero-order valence-corrected chi connectivity index (χ0v) is 17.9. The van der Waals surface area contributed by atoms with Crippen LogP contribution in [0.25, 0.3) is 11.4 Å². The number of carbonyl (C=O) groups is 1. The van der Waals surface area contributed by atoms with Gasteiger partial charge in [0.15, 0.2) is 5.82 Å². The van der Waals surface area contributed by atoms with Crippen LogP contribution in [0.4, 0.5) is 5.82 Å². The molecule has 6 heteroatoms. The summed E-state index contributed by atoms with van der Waals surface area (Å²) in [5.74, 6) is 2.29. The van der Waals surface area contributed by atoms with E-state index in [0.717, 1.165) is 67.4 Å². The second-order valence-electron chi connectivity index (χ2n) is 8.96. The van der Waals surface area contributed by atoms with Gasteiger partial charge in [-0.25, -0.2) is 9.97 Å². The van der Waals surface area contributed by atoms with Gasteiger partial charge in [-0.2, -0.15) is 0 Å². The standard InChI is InChI=1S/C24H30N4O2/c1-16-13-28(14-17(2)30-16)23-20-15-27(24(29)19-9-6-10-19)12-11-21(20)25-22(26-23)18-7-4-3-5-8-18/h3-5,7-8,16-17,19H,6,9-15H2,1-2H3/t16-,17-/m1/s1. The Labute approximate surface area is 178 Å². The Morgan fingerprint density at radius 1 is 1.07 bits per heavy atom. The number of hydrogen-bond donors (Lipinski definition) is 0. The molecule has 3 heterocycles. The Kier molecular flexibility index (Phi) is 5.19. The van der Waals surface area contributed by atoms with Gasteiger partial charge in [0.25, 0.3) is 0 Å². The zero-order valence-electron chi connectivity index (χ0n) is 17.9. The molecule has 1 aliphatic carbocycles. The van der Waals surface area contributed by atoms with Crippen molar-refractivity contribution in [3.63, 3.8) is 0 Å². The molecular weight excluding hydrogens is 376 g/mol. The van der Waals surface area contributed by atoms with Crippen molar-refractivity contribution in [2.45, 2.75) is 58.3 Å². The fourth-order valence-electron chi connectivity index (χ4n) is 4.83. The molecule has 158 valence electrons. The molecule has 0 radical (unpaired) electrons. The van der Waals surface area contributed by atoms with E-state index in [1.165, 1.54) is 6.42 Å². The Bertz CT molecular complexity index is 918. The van der Waals surface area contributed by atoms with Crippen LogP contribution in [0.3, 0.4) is 0 Å². The monoisotopic (exact) mass is 406 g/mol. The van der Waals surface area contributed by atoms with Crippen LogP contribution < -0.4 is 4.90 Å². The number of aromatic nitrogens is 2. The molecule has 2 atom stereocenters. The minimum atomic E-state index is 0.149. The smallest absolute Gasteiger partial charge is 0.225 e. The van der Waals surface area contributed by atoms with Crippen LogP contribution in [0.5, 0.6) is 0 Å². The molecule has 2 aliphatic heterocycles. The van der Waals surface area contributed by atoms with Crippen molar-refractivity contribution in [1.29, 1.82) is 0 Å². The number of fused-ring (bicyclic) bond motifs is 1. The summed E-state index contributed by atoms with van der Waals surface area (Å²) in [7, 11) is 0. The van der Waals surface area contributed by atoms with Crippen molar-refractivity contribution in [2.75, 3.05) is 24.5 Å². The van der Waals surface area contributed by atoms with Crippen LogP contribution in [-0.4, -0.2) is 52.6 Å². The first kappa shape index (κ1) is 19.5. The average molecular weight is 407 g/mol. The minimum Gasteiger partial charge on any atom is -0.372 e. The third kappa shape index (κ3) is 3.69. The highest BCUT2D eigenvalue weighted by molar-refractivity contribution is 5.80. The molecule has 1 aromatic heterocycles. The van der Waals surface area contributed by atoms with Gasteiger partial charge in [0.05, 0.1) is 24.4 Å². The van der Waals surface area contributed by atoms with Gasteiger partial charge in [-0.15, -0.1) is 0 Å². The van der Waals surface area contributed by atoms with Gasteiger partial charge in [0, 0.05) is 43.1 Å². The number of anilines is 1. The third-order valence-corrected chi connectivity index (χ3v) is 6.56. The molecule has 1 saturated carbocycles. The molecule has 0 unspecified atom stereocenters. The SMILES string of the molecule is C[C@@H]1CN(c2nc(-c3ccccc3)nc3c2CN(C(=O)C2CCC2)CC3)C[C@@H](C)O1. The number of amides is 1. The highest BCUT2D eigenvalue weighted by Crippen LogP contribution is 2.34. The normalized spacial score (nSPS) is 24.3. The van der Waals surface area contributed by atoms with E-state index in [4.69, 9.17) is 14.7 Å². The van der Waals surface area contributed by atoms with Crippen LogP contribution in [0.15, 0.2) is 30.3 Å². The topological polar surface area (TPSA) is 58.6 Å². The van der Waals surface area contributed by atoms with E-state index >= 15 is 0 Å². The quantitative estimate of drug-likeness (QED) is 0.782. The summed E-state index contributed by atoms with van der Waals surface area (Å²) < 4.78 is 5.96. The predicted molar refractivity (Wildman–Crippen MR) is 116 cm³/mol. The van der Waals surface area contributed by atoms with Gasteiger partial charge in [0.2, 0.25) is 5.91 Å². The van der Waals surface area contributed by atoms with E-state index in [1.54, 1.807) is 0 Å². The number of carbonyl (C=O) groups excluding carboxylic acids is 1. The number of rotatable bonds is 3. The van der Waals surface area contributed by atoms with E-state index in [0.29, 0.717) is 12.5 Å². The average Bonchev–Trinajstić information content (AvgIpc) is 2.71. The molecule has 0 spiro atoms.